The molecule has 0 spiro atoms. The fourth-order valence-electron chi connectivity index (χ4n) is 6.31. The summed E-state index contributed by atoms with van der Waals surface area (Å²) < 4.78 is 33.4. The van der Waals surface area contributed by atoms with E-state index in [1.165, 1.54) is 57.8 Å². The first-order chi connectivity index (χ1) is 29.4. The Balaban J connectivity index is 2.55. The highest BCUT2D eigenvalue weighted by molar-refractivity contribution is 7.47. The molecule has 0 aromatic rings. The molecular weight excluding hydrogens is 803 g/mol. The number of phosphoric ester groups is 1. The van der Waals surface area contributed by atoms with Crippen molar-refractivity contribution in [2.45, 2.75) is 198 Å². The summed E-state index contributed by atoms with van der Waals surface area (Å²) >= 11 is 0. The summed E-state index contributed by atoms with van der Waals surface area (Å²) in [4.78, 5) is 35.6. The van der Waals surface area contributed by atoms with Crippen molar-refractivity contribution in [3.63, 3.8) is 0 Å². The number of aliphatic hydroxyl groups excluding tert-OH is 5. The van der Waals surface area contributed by atoms with Crippen molar-refractivity contribution >= 4 is 19.8 Å². The maximum Gasteiger partial charge on any atom is 0.472 e. The van der Waals surface area contributed by atoms with Crippen LogP contribution >= 0.6 is 7.82 Å². The predicted molar refractivity (Wildman–Crippen MR) is 239 cm³/mol. The summed E-state index contributed by atoms with van der Waals surface area (Å²) in [7, 11) is -5.14. The van der Waals surface area contributed by atoms with E-state index in [-0.39, 0.29) is 12.8 Å². The highest BCUT2D eigenvalue weighted by atomic mass is 31.2. The molecule has 1 rings (SSSR count). The van der Waals surface area contributed by atoms with E-state index in [0.717, 1.165) is 44.9 Å². The minimum Gasteiger partial charge on any atom is -0.462 e. The molecule has 0 radical (unpaired) electrons. The molecular formula is C47H79O13P. The van der Waals surface area contributed by atoms with E-state index < -0.39 is 75.7 Å². The average molecular weight is 883 g/mol. The van der Waals surface area contributed by atoms with E-state index in [4.69, 9.17) is 18.5 Å². The van der Waals surface area contributed by atoms with Gasteiger partial charge in [-0.05, 0) is 83.5 Å². The van der Waals surface area contributed by atoms with Gasteiger partial charge in [0.25, 0.3) is 0 Å². The molecule has 1 saturated carbocycles. The summed E-state index contributed by atoms with van der Waals surface area (Å²) in [5.41, 5.74) is 0. The number of carbonyl (C=O) groups is 2. The Morgan fingerprint density at radius 3 is 1.43 bits per heavy atom. The molecule has 0 aliphatic heterocycles. The lowest BCUT2D eigenvalue weighted by molar-refractivity contribution is -0.220. The smallest absolute Gasteiger partial charge is 0.462 e. The van der Waals surface area contributed by atoms with Gasteiger partial charge < -0.3 is 39.9 Å². The second-order valence-corrected chi connectivity index (χ2v) is 16.9. The molecule has 8 atom stereocenters. The molecule has 1 aliphatic carbocycles. The highest BCUT2D eigenvalue weighted by Crippen LogP contribution is 2.47. The van der Waals surface area contributed by atoms with Crippen LogP contribution in [0.1, 0.15) is 155 Å². The van der Waals surface area contributed by atoms with Gasteiger partial charge in [0, 0.05) is 12.8 Å². The highest BCUT2D eigenvalue weighted by Gasteiger charge is 2.51. The molecule has 0 aromatic carbocycles. The van der Waals surface area contributed by atoms with Gasteiger partial charge in [0.05, 0.1) is 6.61 Å². The van der Waals surface area contributed by atoms with Crippen LogP contribution in [0.2, 0.25) is 0 Å². The molecule has 1 fully saturated rings. The lowest BCUT2D eigenvalue weighted by Crippen LogP contribution is -2.64. The fraction of sp³-hybridized carbons (Fsp3) is 0.702. The third kappa shape index (κ3) is 29.3. The third-order valence-electron chi connectivity index (χ3n) is 10.0. The van der Waals surface area contributed by atoms with Crippen LogP contribution in [0, 0.1) is 0 Å². The maximum atomic E-state index is 12.8. The number of aliphatic hydroxyl groups is 5. The van der Waals surface area contributed by atoms with Crippen LogP contribution in [0.5, 0.6) is 0 Å². The molecule has 0 bridgehead atoms. The number of hydrogen-bond donors (Lipinski definition) is 6. The first-order valence-electron chi connectivity index (χ1n) is 22.7. The molecule has 0 amide bonds. The monoisotopic (exact) mass is 883 g/mol. The van der Waals surface area contributed by atoms with Crippen molar-refractivity contribution in [2.24, 2.45) is 0 Å². The third-order valence-corrected chi connectivity index (χ3v) is 11.0. The van der Waals surface area contributed by atoms with E-state index in [9.17, 15) is 44.6 Å². The van der Waals surface area contributed by atoms with Crippen LogP contribution in [-0.4, -0.2) is 98.3 Å². The summed E-state index contributed by atoms with van der Waals surface area (Å²) in [6.45, 7) is 3.17. The minimum atomic E-state index is -5.14. The Labute approximate surface area is 365 Å². The molecule has 6 unspecified atom stereocenters. The van der Waals surface area contributed by atoms with Crippen molar-refractivity contribution in [3.05, 3.63) is 72.9 Å². The van der Waals surface area contributed by atoms with Crippen molar-refractivity contribution < 1.29 is 63.1 Å². The van der Waals surface area contributed by atoms with Gasteiger partial charge in [-0.2, -0.15) is 0 Å². The van der Waals surface area contributed by atoms with Crippen molar-refractivity contribution in [1.29, 1.82) is 0 Å². The maximum absolute atomic E-state index is 12.8. The van der Waals surface area contributed by atoms with Gasteiger partial charge in [0.15, 0.2) is 6.10 Å². The number of unbranched alkanes of at least 4 members (excludes halogenated alkanes) is 12. The number of phosphoric acid groups is 1. The van der Waals surface area contributed by atoms with Crippen LogP contribution in [0.3, 0.4) is 0 Å². The fourth-order valence-corrected chi connectivity index (χ4v) is 7.28. The van der Waals surface area contributed by atoms with E-state index in [1.54, 1.807) is 0 Å². The van der Waals surface area contributed by atoms with Gasteiger partial charge in [0.2, 0.25) is 0 Å². The molecule has 14 heteroatoms. The average Bonchev–Trinajstić information content (AvgIpc) is 3.24. The van der Waals surface area contributed by atoms with Crippen LogP contribution in [0.4, 0.5) is 0 Å². The topological polar surface area (TPSA) is 210 Å². The van der Waals surface area contributed by atoms with Gasteiger partial charge in [-0.15, -0.1) is 0 Å². The Hall–Kier alpha value is -2.71. The molecule has 350 valence electrons. The van der Waals surface area contributed by atoms with Gasteiger partial charge in [-0.3, -0.25) is 18.6 Å². The summed E-state index contributed by atoms with van der Waals surface area (Å²) in [6.07, 6.45) is 32.5. The molecule has 0 saturated heterocycles. The van der Waals surface area contributed by atoms with E-state index >= 15 is 0 Å². The van der Waals surface area contributed by atoms with E-state index in [1.807, 2.05) is 12.2 Å². The molecule has 61 heavy (non-hydrogen) atoms. The largest absolute Gasteiger partial charge is 0.472 e. The normalized spacial score (nSPS) is 22.7. The van der Waals surface area contributed by atoms with Crippen LogP contribution in [-0.2, 0) is 32.7 Å². The van der Waals surface area contributed by atoms with Crippen LogP contribution in [0.25, 0.3) is 0 Å². The van der Waals surface area contributed by atoms with Gasteiger partial charge in [-0.1, -0.05) is 132 Å². The van der Waals surface area contributed by atoms with E-state index in [0.29, 0.717) is 25.7 Å². The number of allylic oxidation sites excluding steroid dienone is 12. The Morgan fingerprint density at radius 1 is 0.508 bits per heavy atom. The quantitative estimate of drug-likeness (QED) is 0.0151. The first-order valence-corrected chi connectivity index (χ1v) is 24.2. The van der Waals surface area contributed by atoms with Crippen LogP contribution < -0.4 is 0 Å². The van der Waals surface area contributed by atoms with Crippen molar-refractivity contribution in [1.82, 2.24) is 0 Å². The van der Waals surface area contributed by atoms with E-state index in [2.05, 4.69) is 74.6 Å². The molecule has 6 N–H and O–H groups in total. The SMILES string of the molecule is CCCCC/C=C/C/C=C/C/C=C/CCCCC(=O)O[C@@H](COC(=O)CCC/C=C/C/C=C/C/C=C/CCCCCCCC)COP(=O)(O)OC1C(O)C(O)C(O)[C@H](O)C1O. The number of esters is 2. The van der Waals surface area contributed by atoms with Crippen molar-refractivity contribution in [2.75, 3.05) is 13.2 Å². The summed E-state index contributed by atoms with van der Waals surface area (Å²) in [6, 6.07) is 0. The molecule has 0 aromatic heterocycles. The Morgan fingerprint density at radius 2 is 0.902 bits per heavy atom. The van der Waals surface area contributed by atoms with Crippen LogP contribution in [0.15, 0.2) is 72.9 Å². The van der Waals surface area contributed by atoms with Crippen molar-refractivity contribution in [3.8, 4) is 0 Å². The van der Waals surface area contributed by atoms with Gasteiger partial charge in [-0.25, -0.2) is 4.57 Å². The Bertz CT molecular complexity index is 1340. The lowest BCUT2D eigenvalue weighted by atomic mass is 9.85. The Kier molecular flexibility index (Phi) is 33.9. The number of hydrogen-bond acceptors (Lipinski definition) is 12. The molecule has 1 aliphatic rings. The zero-order valence-electron chi connectivity index (χ0n) is 36.9. The minimum absolute atomic E-state index is 0.0338. The number of ether oxygens (including phenoxy) is 2. The lowest BCUT2D eigenvalue weighted by Gasteiger charge is -2.41. The van der Waals surface area contributed by atoms with Gasteiger partial charge in [0.1, 0.15) is 43.2 Å². The second-order valence-electron chi connectivity index (χ2n) is 15.5. The molecule has 0 heterocycles. The molecule has 13 nitrogen and oxygen atoms in total. The standard InChI is InChI=1S/C47H79O13P/c1-3-5-7-9-11-13-15-17-19-20-22-23-25-27-29-31-33-35-40(48)57-37-39(38-58-61(55,56)60-47-45(53)43(51)42(50)44(52)46(47)54)59-41(49)36-34-32-30-28-26-24-21-18-16-14-12-10-8-6-4-2/h12,14,17-19,21-23,26-29,39,42-47,50-54H,3-11,13,15-16,20,24-25,30-38H2,1-2H3,(H,55,56)/b14-12+,19-17+,21-18+,23-22+,28-26+,29-27+/t39-,42?,43-,44?,45?,46?,47?/m0/s1. The summed E-state index contributed by atoms with van der Waals surface area (Å²) in [5, 5.41) is 50.1. The summed E-state index contributed by atoms with van der Waals surface area (Å²) in [5.74, 6) is -1.21. The zero-order chi connectivity index (χ0) is 45.0. The number of rotatable bonds is 36. The second kappa shape index (κ2) is 36.7. The first kappa shape index (κ1) is 56.3. The number of carbonyl (C=O) groups excluding carboxylic acids is 2. The van der Waals surface area contributed by atoms with Gasteiger partial charge >= 0.3 is 19.8 Å². The predicted octanol–water partition coefficient (Wildman–Crippen LogP) is 8.72. The zero-order valence-corrected chi connectivity index (χ0v) is 37.8.